The third kappa shape index (κ3) is 3.23. The number of hydrogen-bond donors (Lipinski definition) is 0. The summed E-state index contributed by atoms with van der Waals surface area (Å²) in [6.07, 6.45) is 0.592. The Labute approximate surface area is 118 Å². The largest absolute Gasteiger partial charge is 0.489 e. The van der Waals surface area contributed by atoms with Crippen molar-refractivity contribution < 1.29 is 13.9 Å². The molecule has 104 valence electrons. The molecule has 0 aliphatic rings. The first kappa shape index (κ1) is 14.3. The van der Waals surface area contributed by atoms with Crippen LogP contribution in [0.3, 0.4) is 0 Å². The maximum atomic E-state index is 14.0. The molecule has 2 nitrogen and oxygen atoms in total. The Morgan fingerprint density at radius 1 is 1.20 bits per heavy atom. The highest BCUT2D eigenvalue weighted by molar-refractivity contribution is 5.96. The van der Waals surface area contributed by atoms with Crippen LogP contribution in [-0.4, -0.2) is 5.78 Å². The molecule has 0 spiro atoms. The third-order valence-corrected chi connectivity index (χ3v) is 3.13. The lowest BCUT2D eigenvalue weighted by atomic mass is 10.0. The first-order chi connectivity index (χ1) is 9.61. The van der Waals surface area contributed by atoms with Crippen LogP contribution in [0, 0.1) is 5.82 Å². The zero-order valence-corrected chi connectivity index (χ0v) is 11.7. The van der Waals surface area contributed by atoms with Crippen molar-refractivity contribution in [2.75, 3.05) is 0 Å². The van der Waals surface area contributed by atoms with Crippen LogP contribution in [0.5, 0.6) is 5.75 Å². The van der Waals surface area contributed by atoms with Crippen LogP contribution in [0.1, 0.15) is 35.3 Å². The number of carbonyl (C=O) groups is 1. The number of carbonyl (C=O) groups excluding carboxylic acids is 1. The molecule has 0 atom stereocenters. The number of ether oxygens (including phenoxy) is 1. The van der Waals surface area contributed by atoms with Gasteiger partial charge in [-0.2, -0.15) is 0 Å². The molecule has 0 unspecified atom stereocenters. The standard InChI is InChI=1S/C17H17FO2/c1-3-14-9-15(10-16(18)17(14)12(2)19)20-11-13-7-5-4-6-8-13/h4-10H,3,11H2,1-2H3. The summed E-state index contributed by atoms with van der Waals surface area (Å²) in [6, 6.07) is 12.7. The highest BCUT2D eigenvalue weighted by atomic mass is 19.1. The van der Waals surface area contributed by atoms with Crippen LogP contribution in [0.2, 0.25) is 0 Å². The van der Waals surface area contributed by atoms with Crippen LogP contribution < -0.4 is 4.74 Å². The zero-order valence-electron chi connectivity index (χ0n) is 11.7. The number of hydrogen-bond acceptors (Lipinski definition) is 2. The van der Waals surface area contributed by atoms with Crippen LogP contribution in [0.4, 0.5) is 4.39 Å². The summed E-state index contributed by atoms with van der Waals surface area (Å²) in [7, 11) is 0. The van der Waals surface area contributed by atoms with Gasteiger partial charge in [0.1, 0.15) is 18.2 Å². The monoisotopic (exact) mass is 272 g/mol. The van der Waals surface area contributed by atoms with Gasteiger partial charge >= 0.3 is 0 Å². The fourth-order valence-electron chi connectivity index (χ4n) is 2.13. The quantitative estimate of drug-likeness (QED) is 0.764. The minimum atomic E-state index is -0.514. The second-order valence-corrected chi connectivity index (χ2v) is 4.62. The molecule has 0 amide bonds. The van der Waals surface area contributed by atoms with Crippen LogP contribution in [-0.2, 0) is 13.0 Å². The van der Waals surface area contributed by atoms with Gasteiger partial charge in [-0.05, 0) is 30.5 Å². The number of rotatable bonds is 5. The van der Waals surface area contributed by atoms with Gasteiger partial charge in [0.05, 0.1) is 5.56 Å². The van der Waals surface area contributed by atoms with Gasteiger partial charge in [-0.15, -0.1) is 0 Å². The van der Waals surface area contributed by atoms with E-state index in [1.54, 1.807) is 6.07 Å². The molecular weight excluding hydrogens is 255 g/mol. The molecule has 2 aromatic rings. The summed E-state index contributed by atoms with van der Waals surface area (Å²) in [5, 5.41) is 0. The first-order valence-corrected chi connectivity index (χ1v) is 6.62. The summed E-state index contributed by atoms with van der Waals surface area (Å²) < 4.78 is 19.6. The predicted molar refractivity (Wildman–Crippen MR) is 76.6 cm³/mol. The number of halogens is 1. The van der Waals surface area contributed by atoms with E-state index in [0.717, 1.165) is 5.56 Å². The highest BCUT2D eigenvalue weighted by Gasteiger charge is 2.14. The van der Waals surface area contributed by atoms with Gasteiger partial charge in [-0.3, -0.25) is 4.79 Å². The number of Topliss-reactive ketones (excluding diaryl/α,β-unsaturated/α-hetero) is 1. The van der Waals surface area contributed by atoms with Gasteiger partial charge in [-0.25, -0.2) is 4.39 Å². The first-order valence-electron chi connectivity index (χ1n) is 6.62. The topological polar surface area (TPSA) is 26.3 Å². The van der Waals surface area contributed by atoms with Crippen molar-refractivity contribution in [3.8, 4) is 5.75 Å². The SMILES string of the molecule is CCc1cc(OCc2ccccc2)cc(F)c1C(C)=O. The van der Waals surface area contributed by atoms with Gasteiger partial charge in [0.25, 0.3) is 0 Å². The third-order valence-electron chi connectivity index (χ3n) is 3.13. The summed E-state index contributed by atoms with van der Waals surface area (Å²) >= 11 is 0. The summed E-state index contributed by atoms with van der Waals surface area (Å²) in [6.45, 7) is 3.65. The Hall–Kier alpha value is -2.16. The lowest BCUT2D eigenvalue weighted by Gasteiger charge is -2.11. The second-order valence-electron chi connectivity index (χ2n) is 4.62. The van der Waals surface area contributed by atoms with Gasteiger partial charge in [0.15, 0.2) is 5.78 Å². The molecule has 3 heteroatoms. The average molecular weight is 272 g/mol. The molecule has 0 heterocycles. The van der Waals surface area contributed by atoms with Gasteiger partial charge < -0.3 is 4.74 Å². The van der Waals surface area contributed by atoms with Crippen molar-refractivity contribution >= 4 is 5.78 Å². The molecule has 0 aliphatic carbocycles. The van der Waals surface area contributed by atoms with E-state index >= 15 is 0 Å². The molecule has 0 aliphatic heterocycles. The number of ketones is 1. The summed E-state index contributed by atoms with van der Waals surface area (Å²) in [5.74, 6) is -0.318. The summed E-state index contributed by atoms with van der Waals surface area (Å²) in [5.41, 5.74) is 1.86. The normalized spacial score (nSPS) is 10.3. The fraction of sp³-hybridized carbons (Fsp3) is 0.235. The Balaban J connectivity index is 2.21. The maximum absolute atomic E-state index is 14.0. The zero-order chi connectivity index (χ0) is 14.5. The van der Waals surface area contributed by atoms with Crippen molar-refractivity contribution in [2.45, 2.75) is 26.9 Å². The van der Waals surface area contributed by atoms with Gasteiger partial charge in [0.2, 0.25) is 0 Å². The number of aryl methyl sites for hydroxylation is 1. The Bertz CT molecular complexity index is 606. The van der Waals surface area contributed by atoms with Crippen molar-refractivity contribution in [1.82, 2.24) is 0 Å². The van der Waals surface area contributed by atoms with Crippen LogP contribution >= 0.6 is 0 Å². The highest BCUT2D eigenvalue weighted by Crippen LogP contribution is 2.23. The average Bonchev–Trinajstić information content (AvgIpc) is 2.45. The van der Waals surface area contributed by atoms with Crippen molar-refractivity contribution in [3.63, 3.8) is 0 Å². The molecule has 0 aromatic heterocycles. The Kier molecular flexibility index (Phi) is 4.51. The van der Waals surface area contributed by atoms with E-state index in [9.17, 15) is 9.18 Å². The molecule has 0 saturated carbocycles. The lowest BCUT2D eigenvalue weighted by Crippen LogP contribution is -2.05. The van der Waals surface area contributed by atoms with E-state index in [4.69, 9.17) is 4.74 Å². The van der Waals surface area contributed by atoms with E-state index in [2.05, 4.69) is 0 Å². The van der Waals surface area contributed by atoms with Crippen LogP contribution in [0.25, 0.3) is 0 Å². The summed E-state index contributed by atoms with van der Waals surface area (Å²) in [4.78, 5) is 11.5. The van der Waals surface area contributed by atoms with Crippen molar-refractivity contribution in [1.29, 1.82) is 0 Å². The fourth-order valence-corrected chi connectivity index (χ4v) is 2.13. The molecule has 0 fully saturated rings. The molecule has 2 aromatic carbocycles. The molecule has 20 heavy (non-hydrogen) atoms. The van der Waals surface area contributed by atoms with Crippen molar-refractivity contribution in [3.05, 3.63) is 65.0 Å². The predicted octanol–water partition coefficient (Wildman–Crippen LogP) is 4.17. The maximum Gasteiger partial charge on any atom is 0.163 e. The second kappa shape index (κ2) is 6.33. The number of benzene rings is 2. The molecule has 0 saturated heterocycles. The van der Waals surface area contributed by atoms with E-state index < -0.39 is 5.82 Å². The molecule has 0 bridgehead atoms. The van der Waals surface area contributed by atoms with Crippen LogP contribution in [0.15, 0.2) is 42.5 Å². The van der Waals surface area contributed by atoms with Gasteiger partial charge in [-0.1, -0.05) is 37.3 Å². The molecule has 0 radical (unpaired) electrons. The Morgan fingerprint density at radius 2 is 1.90 bits per heavy atom. The van der Waals surface area contributed by atoms with Crippen molar-refractivity contribution in [2.24, 2.45) is 0 Å². The molecular formula is C17H17FO2. The minimum absolute atomic E-state index is 0.166. The lowest BCUT2D eigenvalue weighted by molar-refractivity contribution is 0.101. The van der Waals surface area contributed by atoms with E-state index in [1.165, 1.54) is 13.0 Å². The van der Waals surface area contributed by atoms with E-state index in [-0.39, 0.29) is 11.3 Å². The van der Waals surface area contributed by atoms with E-state index in [0.29, 0.717) is 24.3 Å². The van der Waals surface area contributed by atoms with Gasteiger partial charge in [0, 0.05) is 6.07 Å². The molecule has 0 N–H and O–H groups in total. The minimum Gasteiger partial charge on any atom is -0.489 e. The van der Waals surface area contributed by atoms with E-state index in [1.807, 2.05) is 37.3 Å². The smallest absolute Gasteiger partial charge is 0.163 e. The molecule has 2 rings (SSSR count). The Morgan fingerprint density at radius 3 is 2.50 bits per heavy atom.